The molecule has 1 aromatic heterocycles. The fourth-order valence-electron chi connectivity index (χ4n) is 2.10. The number of benzene rings is 2. The lowest BCUT2D eigenvalue weighted by Crippen LogP contribution is -2.22. The van der Waals surface area contributed by atoms with Crippen LogP contribution in [-0.4, -0.2) is 18.1 Å². The molecule has 0 aliphatic heterocycles. The van der Waals surface area contributed by atoms with E-state index in [1.165, 1.54) is 18.4 Å². The van der Waals surface area contributed by atoms with Crippen LogP contribution in [-0.2, 0) is 9.53 Å². The van der Waals surface area contributed by atoms with Crippen LogP contribution in [0.1, 0.15) is 11.6 Å². The molecule has 0 spiro atoms. The standard InChI is InChI=1S/C16H14N2O2S/c1-20-15(19)14(11-7-3-2-4-8-11)18-16-17-12-9-5-6-10-13(12)21-16/h2-10,14H,1H3,(H,17,18). The van der Waals surface area contributed by atoms with Crippen molar-refractivity contribution in [2.24, 2.45) is 0 Å². The molecule has 0 saturated carbocycles. The number of methoxy groups -OCH3 is 1. The third kappa shape index (κ3) is 2.87. The Morgan fingerprint density at radius 3 is 2.57 bits per heavy atom. The van der Waals surface area contributed by atoms with E-state index in [9.17, 15) is 4.79 Å². The van der Waals surface area contributed by atoms with Crippen LogP contribution in [0.15, 0.2) is 54.6 Å². The van der Waals surface area contributed by atoms with Crippen molar-refractivity contribution in [3.63, 3.8) is 0 Å². The van der Waals surface area contributed by atoms with Gasteiger partial charge in [0.25, 0.3) is 0 Å². The van der Waals surface area contributed by atoms with Crippen LogP contribution in [0.2, 0.25) is 0 Å². The van der Waals surface area contributed by atoms with Crippen molar-refractivity contribution < 1.29 is 9.53 Å². The number of rotatable bonds is 4. The summed E-state index contributed by atoms with van der Waals surface area (Å²) in [6, 6.07) is 16.8. The summed E-state index contributed by atoms with van der Waals surface area (Å²) < 4.78 is 5.97. The lowest BCUT2D eigenvalue weighted by molar-refractivity contribution is -0.141. The first-order valence-electron chi connectivity index (χ1n) is 6.53. The maximum atomic E-state index is 12.0. The Kier molecular flexibility index (Phi) is 3.83. The van der Waals surface area contributed by atoms with Gasteiger partial charge in [-0.1, -0.05) is 53.8 Å². The molecule has 0 saturated heterocycles. The number of fused-ring (bicyclic) bond motifs is 1. The van der Waals surface area contributed by atoms with Crippen LogP contribution in [0.5, 0.6) is 0 Å². The second kappa shape index (κ2) is 5.93. The number of ether oxygens (including phenoxy) is 1. The summed E-state index contributed by atoms with van der Waals surface area (Å²) in [6.45, 7) is 0. The summed E-state index contributed by atoms with van der Waals surface area (Å²) in [5.41, 5.74) is 1.77. The molecule has 0 radical (unpaired) electrons. The van der Waals surface area contributed by atoms with Crippen molar-refractivity contribution in [3.8, 4) is 0 Å². The first-order chi connectivity index (χ1) is 10.3. The second-order valence-electron chi connectivity index (χ2n) is 4.50. The van der Waals surface area contributed by atoms with Gasteiger partial charge in [-0.2, -0.15) is 0 Å². The van der Waals surface area contributed by atoms with Gasteiger partial charge < -0.3 is 10.1 Å². The van der Waals surface area contributed by atoms with E-state index in [1.54, 1.807) is 0 Å². The van der Waals surface area contributed by atoms with Gasteiger partial charge in [-0.05, 0) is 17.7 Å². The maximum Gasteiger partial charge on any atom is 0.333 e. The SMILES string of the molecule is COC(=O)C(Nc1nc2ccccc2s1)c1ccccc1. The first kappa shape index (κ1) is 13.6. The summed E-state index contributed by atoms with van der Waals surface area (Å²) in [5, 5.41) is 3.87. The van der Waals surface area contributed by atoms with Crippen molar-refractivity contribution in [2.75, 3.05) is 12.4 Å². The molecule has 5 heteroatoms. The molecule has 0 aliphatic carbocycles. The van der Waals surface area contributed by atoms with Gasteiger partial charge in [0.2, 0.25) is 0 Å². The number of hydrogen-bond acceptors (Lipinski definition) is 5. The fourth-order valence-corrected chi connectivity index (χ4v) is 2.99. The fraction of sp³-hybridized carbons (Fsp3) is 0.125. The molecule has 1 N–H and O–H groups in total. The largest absolute Gasteiger partial charge is 0.467 e. The molecule has 21 heavy (non-hydrogen) atoms. The van der Waals surface area contributed by atoms with E-state index in [4.69, 9.17) is 4.74 Å². The zero-order valence-corrected chi connectivity index (χ0v) is 12.3. The Bertz CT molecular complexity index is 722. The van der Waals surface area contributed by atoms with Gasteiger partial charge in [0.15, 0.2) is 11.2 Å². The lowest BCUT2D eigenvalue weighted by atomic mass is 10.1. The zero-order valence-electron chi connectivity index (χ0n) is 11.4. The number of nitrogens with one attached hydrogen (secondary N) is 1. The molecule has 0 aliphatic rings. The van der Waals surface area contributed by atoms with Crippen molar-refractivity contribution in [1.29, 1.82) is 0 Å². The highest BCUT2D eigenvalue weighted by Gasteiger charge is 2.22. The topological polar surface area (TPSA) is 51.2 Å². The quantitative estimate of drug-likeness (QED) is 0.747. The number of aromatic nitrogens is 1. The summed E-state index contributed by atoms with van der Waals surface area (Å²) in [5.74, 6) is -0.333. The summed E-state index contributed by atoms with van der Waals surface area (Å²) in [6.07, 6.45) is 0. The number of para-hydroxylation sites is 1. The molecule has 3 aromatic rings. The minimum absolute atomic E-state index is 0.333. The first-order valence-corrected chi connectivity index (χ1v) is 7.34. The molecule has 0 amide bonds. The van der Waals surface area contributed by atoms with Gasteiger partial charge in [-0.15, -0.1) is 0 Å². The van der Waals surface area contributed by atoms with Gasteiger partial charge in [0.05, 0.1) is 17.3 Å². The zero-order chi connectivity index (χ0) is 14.7. The third-order valence-electron chi connectivity index (χ3n) is 3.13. The Morgan fingerprint density at radius 1 is 1.14 bits per heavy atom. The van der Waals surface area contributed by atoms with Crippen molar-refractivity contribution in [1.82, 2.24) is 4.98 Å². The predicted octanol–water partition coefficient (Wildman–Crippen LogP) is 3.62. The molecule has 106 valence electrons. The molecule has 0 bridgehead atoms. The molecule has 4 nitrogen and oxygen atoms in total. The summed E-state index contributed by atoms with van der Waals surface area (Å²) in [7, 11) is 1.39. The number of carbonyl (C=O) groups is 1. The number of thiazole rings is 1. The van der Waals surface area contributed by atoms with E-state index in [2.05, 4.69) is 10.3 Å². The van der Waals surface area contributed by atoms with Crippen LogP contribution < -0.4 is 5.32 Å². The van der Waals surface area contributed by atoms with Gasteiger partial charge >= 0.3 is 5.97 Å². The molecular weight excluding hydrogens is 284 g/mol. The smallest absolute Gasteiger partial charge is 0.333 e. The Morgan fingerprint density at radius 2 is 1.86 bits per heavy atom. The van der Waals surface area contributed by atoms with Crippen LogP contribution in [0.25, 0.3) is 10.2 Å². The van der Waals surface area contributed by atoms with E-state index < -0.39 is 6.04 Å². The molecular formula is C16H14N2O2S. The van der Waals surface area contributed by atoms with E-state index in [0.29, 0.717) is 5.13 Å². The van der Waals surface area contributed by atoms with Crippen molar-refractivity contribution in [2.45, 2.75) is 6.04 Å². The van der Waals surface area contributed by atoms with E-state index in [0.717, 1.165) is 15.8 Å². The van der Waals surface area contributed by atoms with E-state index in [1.807, 2.05) is 54.6 Å². The van der Waals surface area contributed by atoms with Crippen LogP contribution >= 0.6 is 11.3 Å². The lowest BCUT2D eigenvalue weighted by Gasteiger charge is -2.15. The third-order valence-corrected chi connectivity index (χ3v) is 4.10. The normalized spacial score (nSPS) is 12.0. The van der Waals surface area contributed by atoms with Crippen LogP contribution in [0.3, 0.4) is 0 Å². The Labute approximate surface area is 126 Å². The van der Waals surface area contributed by atoms with E-state index in [-0.39, 0.29) is 5.97 Å². The van der Waals surface area contributed by atoms with Crippen LogP contribution in [0, 0.1) is 0 Å². The Balaban J connectivity index is 1.92. The van der Waals surface area contributed by atoms with Gasteiger partial charge in [0.1, 0.15) is 0 Å². The predicted molar refractivity (Wildman–Crippen MR) is 84.4 cm³/mol. The van der Waals surface area contributed by atoms with Gasteiger partial charge in [0, 0.05) is 0 Å². The highest BCUT2D eigenvalue weighted by Crippen LogP contribution is 2.29. The monoisotopic (exact) mass is 298 g/mol. The second-order valence-corrected chi connectivity index (χ2v) is 5.53. The average molecular weight is 298 g/mol. The number of anilines is 1. The molecule has 2 aromatic carbocycles. The van der Waals surface area contributed by atoms with Crippen LogP contribution in [0.4, 0.5) is 5.13 Å². The average Bonchev–Trinajstić information content (AvgIpc) is 2.95. The molecule has 1 atom stereocenters. The molecule has 3 rings (SSSR count). The summed E-state index contributed by atoms with van der Waals surface area (Å²) in [4.78, 5) is 16.5. The molecule has 1 heterocycles. The van der Waals surface area contributed by atoms with E-state index >= 15 is 0 Å². The van der Waals surface area contributed by atoms with Gasteiger partial charge in [-0.25, -0.2) is 9.78 Å². The highest BCUT2D eigenvalue weighted by molar-refractivity contribution is 7.22. The van der Waals surface area contributed by atoms with Gasteiger partial charge in [-0.3, -0.25) is 0 Å². The number of hydrogen-bond donors (Lipinski definition) is 1. The number of carbonyl (C=O) groups excluding carboxylic acids is 1. The number of esters is 1. The maximum absolute atomic E-state index is 12.0. The summed E-state index contributed by atoms with van der Waals surface area (Å²) >= 11 is 1.52. The Hall–Kier alpha value is -2.40. The van der Waals surface area contributed by atoms with Crippen molar-refractivity contribution >= 4 is 32.7 Å². The minimum atomic E-state index is -0.559. The molecule has 0 fully saturated rings. The minimum Gasteiger partial charge on any atom is -0.467 e. The molecule has 1 unspecified atom stereocenters. The number of nitrogens with zero attached hydrogens (tertiary/aromatic N) is 1. The highest BCUT2D eigenvalue weighted by atomic mass is 32.1. The van der Waals surface area contributed by atoms with Crippen molar-refractivity contribution in [3.05, 3.63) is 60.2 Å².